The van der Waals surface area contributed by atoms with Crippen molar-refractivity contribution in [2.45, 2.75) is 26.8 Å². The van der Waals surface area contributed by atoms with Gasteiger partial charge in [0.25, 0.3) is 0 Å². The number of carbonyl (C=O) groups excluding carboxylic acids is 1. The Kier molecular flexibility index (Phi) is 6.69. The molecular weight excluding hydrogens is 436 g/mol. The van der Waals surface area contributed by atoms with E-state index in [1.54, 1.807) is 0 Å². The van der Waals surface area contributed by atoms with Crippen molar-refractivity contribution in [3.63, 3.8) is 0 Å². The number of benzene rings is 2. The number of urea groups is 1. The highest BCUT2D eigenvalue weighted by molar-refractivity contribution is 9.11. The summed E-state index contributed by atoms with van der Waals surface area (Å²) in [5, 5.41) is 5.69. The molecule has 128 valence electrons. The molecule has 24 heavy (non-hydrogen) atoms. The normalized spacial score (nSPS) is 11.7. The van der Waals surface area contributed by atoms with Gasteiger partial charge in [0.05, 0.1) is 11.7 Å². The lowest BCUT2D eigenvalue weighted by Gasteiger charge is -2.18. The van der Waals surface area contributed by atoms with Crippen LogP contribution in [0.15, 0.2) is 45.3 Å². The number of aryl methyl sites for hydroxylation is 2. The number of nitrogens with one attached hydrogen (secondary N) is 2. The molecule has 4 nitrogen and oxygen atoms in total. The highest BCUT2D eigenvalue weighted by Crippen LogP contribution is 2.26. The monoisotopic (exact) mass is 454 g/mol. The van der Waals surface area contributed by atoms with Gasteiger partial charge in [-0.3, -0.25) is 0 Å². The second-order valence-electron chi connectivity index (χ2n) is 5.66. The molecule has 0 bridgehead atoms. The number of rotatable bonds is 5. The van der Waals surface area contributed by atoms with Gasteiger partial charge in [-0.25, -0.2) is 4.79 Å². The standard InChI is InChI=1S/C18H20Br2N2O2/c1-11-5-4-6-12(2)17(11)24-10-13(3)21-18(23)22-16-8-7-14(19)9-15(16)20/h4-9,13H,10H2,1-3H3,(H2,21,22,23). The molecule has 0 radical (unpaired) electrons. The summed E-state index contributed by atoms with van der Waals surface area (Å²) in [5.74, 6) is 0.877. The number of ether oxygens (including phenoxy) is 1. The molecule has 0 aliphatic rings. The topological polar surface area (TPSA) is 50.4 Å². The molecule has 6 heteroatoms. The molecule has 2 aromatic carbocycles. The molecule has 0 aliphatic heterocycles. The van der Waals surface area contributed by atoms with E-state index in [2.05, 4.69) is 42.5 Å². The summed E-state index contributed by atoms with van der Waals surface area (Å²) in [4.78, 5) is 12.1. The largest absolute Gasteiger partial charge is 0.491 e. The second kappa shape index (κ2) is 8.53. The van der Waals surface area contributed by atoms with Crippen LogP contribution in [0.4, 0.5) is 10.5 Å². The van der Waals surface area contributed by atoms with Crippen molar-refractivity contribution >= 4 is 43.6 Å². The first-order valence-corrected chi connectivity index (χ1v) is 9.17. The first kappa shape index (κ1) is 18.8. The average molecular weight is 456 g/mol. The fourth-order valence-corrected chi connectivity index (χ4v) is 3.40. The van der Waals surface area contributed by atoms with Crippen LogP contribution < -0.4 is 15.4 Å². The Morgan fingerprint density at radius 1 is 1.17 bits per heavy atom. The quantitative estimate of drug-likeness (QED) is 0.632. The highest BCUT2D eigenvalue weighted by atomic mass is 79.9. The summed E-state index contributed by atoms with van der Waals surface area (Å²) >= 11 is 6.80. The van der Waals surface area contributed by atoms with Crippen molar-refractivity contribution in [3.8, 4) is 5.75 Å². The highest BCUT2D eigenvalue weighted by Gasteiger charge is 2.11. The fourth-order valence-electron chi connectivity index (χ4n) is 2.25. The Morgan fingerprint density at radius 2 is 1.83 bits per heavy atom. The van der Waals surface area contributed by atoms with Gasteiger partial charge in [-0.15, -0.1) is 0 Å². The molecule has 0 aliphatic carbocycles. The maximum Gasteiger partial charge on any atom is 0.319 e. The van der Waals surface area contributed by atoms with Gasteiger partial charge in [0.15, 0.2) is 0 Å². The van der Waals surface area contributed by atoms with Gasteiger partial charge in [-0.2, -0.15) is 0 Å². The number of carbonyl (C=O) groups is 1. The summed E-state index contributed by atoms with van der Waals surface area (Å²) in [6.45, 7) is 6.33. The van der Waals surface area contributed by atoms with E-state index >= 15 is 0 Å². The first-order valence-electron chi connectivity index (χ1n) is 7.58. The predicted octanol–water partition coefficient (Wildman–Crippen LogP) is 5.42. The summed E-state index contributed by atoms with van der Waals surface area (Å²) in [7, 11) is 0. The van der Waals surface area contributed by atoms with Gasteiger partial charge in [0.1, 0.15) is 12.4 Å². The minimum absolute atomic E-state index is 0.127. The summed E-state index contributed by atoms with van der Waals surface area (Å²) in [5.41, 5.74) is 2.88. The van der Waals surface area contributed by atoms with Crippen LogP contribution in [0, 0.1) is 13.8 Å². The molecule has 1 unspecified atom stereocenters. The molecule has 0 spiro atoms. The van der Waals surface area contributed by atoms with E-state index < -0.39 is 0 Å². The van der Waals surface area contributed by atoms with E-state index in [1.165, 1.54) is 0 Å². The van der Waals surface area contributed by atoms with Gasteiger partial charge < -0.3 is 15.4 Å². The molecule has 2 aromatic rings. The Balaban J connectivity index is 1.87. The summed E-state index contributed by atoms with van der Waals surface area (Å²) < 4.78 is 7.61. The third kappa shape index (κ3) is 5.24. The zero-order valence-electron chi connectivity index (χ0n) is 13.8. The number of amides is 2. The molecule has 2 rings (SSSR count). The molecular formula is C18H20Br2N2O2. The van der Waals surface area contributed by atoms with Crippen LogP contribution in [-0.2, 0) is 0 Å². The molecule has 1 atom stereocenters. The average Bonchev–Trinajstić information content (AvgIpc) is 2.49. The van der Waals surface area contributed by atoms with Crippen molar-refractivity contribution in [2.24, 2.45) is 0 Å². The predicted molar refractivity (Wildman–Crippen MR) is 105 cm³/mol. The molecule has 2 N–H and O–H groups in total. The third-order valence-corrected chi connectivity index (χ3v) is 4.59. The van der Waals surface area contributed by atoms with Crippen LogP contribution in [0.3, 0.4) is 0 Å². The van der Waals surface area contributed by atoms with Crippen molar-refractivity contribution in [3.05, 3.63) is 56.5 Å². The van der Waals surface area contributed by atoms with E-state index in [-0.39, 0.29) is 12.1 Å². The maximum absolute atomic E-state index is 12.1. The van der Waals surface area contributed by atoms with Crippen LogP contribution in [0.1, 0.15) is 18.1 Å². The van der Waals surface area contributed by atoms with Crippen LogP contribution >= 0.6 is 31.9 Å². The molecule has 2 amide bonds. The smallest absolute Gasteiger partial charge is 0.319 e. The Labute approximate surface area is 159 Å². The minimum atomic E-state index is -0.268. The lowest BCUT2D eigenvalue weighted by atomic mass is 10.1. The van der Waals surface area contributed by atoms with Crippen molar-refractivity contribution < 1.29 is 9.53 Å². The second-order valence-corrected chi connectivity index (χ2v) is 7.43. The van der Waals surface area contributed by atoms with Gasteiger partial charge in [0, 0.05) is 8.95 Å². The molecule has 0 saturated heterocycles. The van der Waals surface area contributed by atoms with Crippen molar-refractivity contribution in [1.82, 2.24) is 5.32 Å². The molecule has 0 aromatic heterocycles. The van der Waals surface area contributed by atoms with Crippen LogP contribution in [-0.4, -0.2) is 18.7 Å². The zero-order valence-corrected chi connectivity index (χ0v) is 17.0. The number of anilines is 1. The summed E-state index contributed by atoms with van der Waals surface area (Å²) in [6, 6.07) is 11.2. The number of halogens is 2. The van der Waals surface area contributed by atoms with Gasteiger partial charge in [-0.1, -0.05) is 34.1 Å². The van der Waals surface area contributed by atoms with E-state index in [1.807, 2.05) is 57.2 Å². The van der Waals surface area contributed by atoms with Crippen molar-refractivity contribution in [2.75, 3.05) is 11.9 Å². The van der Waals surface area contributed by atoms with E-state index in [0.717, 1.165) is 25.8 Å². The van der Waals surface area contributed by atoms with Crippen LogP contribution in [0.5, 0.6) is 5.75 Å². The Morgan fingerprint density at radius 3 is 2.46 bits per heavy atom. The lowest BCUT2D eigenvalue weighted by Crippen LogP contribution is -2.39. The minimum Gasteiger partial charge on any atom is -0.491 e. The fraction of sp³-hybridized carbons (Fsp3) is 0.278. The summed E-state index contributed by atoms with van der Waals surface area (Å²) in [6.07, 6.45) is 0. The van der Waals surface area contributed by atoms with Crippen LogP contribution in [0.25, 0.3) is 0 Å². The third-order valence-electron chi connectivity index (χ3n) is 3.44. The lowest BCUT2D eigenvalue weighted by molar-refractivity contribution is 0.236. The molecule has 0 fully saturated rings. The first-order chi connectivity index (χ1) is 11.4. The molecule has 0 saturated carbocycles. The van der Waals surface area contributed by atoms with Crippen molar-refractivity contribution in [1.29, 1.82) is 0 Å². The van der Waals surface area contributed by atoms with Gasteiger partial charge >= 0.3 is 6.03 Å². The van der Waals surface area contributed by atoms with E-state index in [4.69, 9.17) is 4.74 Å². The molecule has 0 heterocycles. The van der Waals surface area contributed by atoms with E-state index in [9.17, 15) is 4.79 Å². The van der Waals surface area contributed by atoms with Gasteiger partial charge in [-0.05, 0) is 66.0 Å². The van der Waals surface area contributed by atoms with Gasteiger partial charge in [0.2, 0.25) is 0 Å². The Hall–Kier alpha value is -1.53. The van der Waals surface area contributed by atoms with Crippen LogP contribution in [0.2, 0.25) is 0 Å². The number of hydrogen-bond donors (Lipinski definition) is 2. The zero-order chi connectivity index (χ0) is 17.7. The van der Waals surface area contributed by atoms with E-state index in [0.29, 0.717) is 12.3 Å². The SMILES string of the molecule is Cc1cccc(C)c1OCC(C)NC(=O)Nc1ccc(Br)cc1Br. The Bertz CT molecular complexity index is 715. The maximum atomic E-state index is 12.1. The number of para-hydroxylation sites is 1. The number of hydrogen-bond acceptors (Lipinski definition) is 2.